The highest BCUT2D eigenvalue weighted by Gasteiger charge is 2.25. The van der Waals surface area contributed by atoms with Crippen LogP contribution in [0.4, 0.5) is 0 Å². The van der Waals surface area contributed by atoms with Gasteiger partial charge in [-0.15, -0.1) is 0 Å². The Morgan fingerprint density at radius 2 is 2.27 bits per heavy atom. The van der Waals surface area contributed by atoms with Crippen LogP contribution in [0.5, 0.6) is 0 Å². The molecule has 1 heterocycles. The molecule has 1 saturated heterocycles. The van der Waals surface area contributed by atoms with E-state index in [4.69, 9.17) is 4.74 Å². The van der Waals surface area contributed by atoms with E-state index in [2.05, 4.69) is 31.1 Å². The highest BCUT2D eigenvalue weighted by molar-refractivity contribution is 4.84. The molecule has 15 heavy (non-hydrogen) atoms. The van der Waals surface area contributed by atoms with Crippen molar-refractivity contribution in [2.24, 2.45) is 0 Å². The van der Waals surface area contributed by atoms with Crippen molar-refractivity contribution >= 4 is 0 Å². The smallest absolute Gasteiger partial charge is 0.0593 e. The molecule has 0 aromatic carbocycles. The van der Waals surface area contributed by atoms with Crippen molar-refractivity contribution in [2.45, 2.75) is 45.2 Å². The van der Waals surface area contributed by atoms with Crippen LogP contribution in [0.1, 0.15) is 33.1 Å². The van der Waals surface area contributed by atoms with Gasteiger partial charge in [-0.2, -0.15) is 0 Å². The zero-order chi connectivity index (χ0) is 11.1. The molecule has 90 valence electrons. The van der Waals surface area contributed by atoms with E-state index >= 15 is 0 Å². The molecule has 0 aromatic rings. The van der Waals surface area contributed by atoms with E-state index in [-0.39, 0.29) is 0 Å². The summed E-state index contributed by atoms with van der Waals surface area (Å²) in [6.45, 7) is 8.38. The predicted octanol–water partition coefficient (Wildman–Crippen LogP) is 1.49. The molecule has 0 radical (unpaired) electrons. The van der Waals surface area contributed by atoms with Gasteiger partial charge >= 0.3 is 0 Å². The second-order valence-corrected chi connectivity index (χ2v) is 4.37. The van der Waals surface area contributed by atoms with Gasteiger partial charge in [-0.3, -0.25) is 4.90 Å². The monoisotopic (exact) mass is 214 g/mol. The number of hydrogen-bond acceptors (Lipinski definition) is 3. The number of ether oxygens (including phenoxy) is 1. The van der Waals surface area contributed by atoms with Gasteiger partial charge in [0.2, 0.25) is 0 Å². The average molecular weight is 214 g/mol. The van der Waals surface area contributed by atoms with Crippen molar-refractivity contribution in [3.05, 3.63) is 0 Å². The molecule has 1 aliphatic rings. The molecule has 3 heteroatoms. The second kappa shape index (κ2) is 7.20. The Labute approximate surface area is 94.2 Å². The fourth-order valence-electron chi connectivity index (χ4n) is 2.38. The molecule has 2 atom stereocenters. The van der Waals surface area contributed by atoms with Gasteiger partial charge in [0.1, 0.15) is 0 Å². The Kier molecular flexibility index (Phi) is 6.22. The van der Waals surface area contributed by atoms with Crippen LogP contribution in [-0.4, -0.2) is 50.3 Å². The number of likely N-dealkylation sites (N-methyl/N-ethyl adjacent to an activating group) is 1. The number of likely N-dealkylation sites (tertiary alicyclic amines) is 1. The van der Waals surface area contributed by atoms with Gasteiger partial charge < -0.3 is 10.1 Å². The lowest BCUT2D eigenvalue weighted by Crippen LogP contribution is -2.51. The molecule has 0 amide bonds. The summed E-state index contributed by atoms with van der Waals surface area (Å²) in [7, 11) is 2.06. The van der Waals surface area contributed by atoms with Gasteiger partial charge in [-0.1, -0.05) is 6.42 Å². The van der Waals surface area contributed by atoms with Crippen molar-refractivity contribution in [1.82, 2.24) is 10.2 Å². The molecule has 0 spiro atoms. The summed E-state index contributed by atoms with van der Waals surface area (Å²) in [6, 6.07) is 1.29. The Balaban J connectivity index is 2.35. The maximum Gasteiger partial charge on any atom is 0.0593 e. The highest BCUT2D eigenvalue weighted by atomic mass is 16.5. The fraction of sp³-hybridized carbons (Fsp3) is 1.00. The molecule has 3 nitrogen and oxygen atoms in total. The molecular formula is C12H26N2O. The largest absolute Gasteiger partial charge is 0.380 e. The van der Waals surface area contributed by atoms with Crippen LogP contribution in [-0.2, 0) is 4.74 Å². The van der Waals surface area contributed by atoms with E-state index in [0.29, 0.717) is 12.1 Å². The van der Waals surface area contributed by atoms with Crippen molar-refractivity contribution < 1.29 is 4.74 Å². The minimum absolute atomic E-state index is 0.590. The number of nitrogens with zero attached hydrogens (tertiary/aromatic N) is 1. The summed E-state index contributed by atoms with van der Waals surface area (Å²) in [5.41, 5.74) is 0. The third-order valence-corrected chi connectivity index (χ3v) is 3.42. The lowest BCUT2D eigenvalue weighted by molar-refractivity contribution is 0.0664. The number of nitrogens with one attached hydrogen (secondary N) is 1. The second-order valence-electron chi connectivity index (χ2n) is 4.37. The molecule has 0 aliphatic carbocycles. The first-order chi connectivity index (χ1) is 7.29. The van der Waals surface area contributed by atoms with Gasteiger partial charge in [0.15, 0.2) is 0 Å². The predicted molar refractivity (Wildman–Crippen MR) is 64.2 cm³/mol. The zero-order valence-corrected chi connectivity index (χ0v) is 10.5. The summed E-state index contributed by atoms with van der Waals surface area (Å²) in [6.07, 6.45) is 4.05. The van der Waals surface area contributed by atoms with Crippen LogP contribution in [0.25, 0.3) is 0 Å². The normalized spacial score (nSPS) is 25.4. The van der Waals surface area contributed by atoms with Gasteiger partial charge in [0.05, 0.1) is 6.61 Å². The van der Waals surface area contributed by atoms with Crippen molar-refractivity contribution in [3.8, 4) is 0 Å². The molecule has 2 unspecified atom stereocenters. The summed E-state index contributed by atoms with van der Waals surface area (Å²) in [4.78, 5) is 2.58. The SMILES string of the molecule is CCOCCN1CCCCC1C(C)NC. The van der Waals surface area contributed by atoms with Gasteiger partial charge in [0.25, 0.3) is 0 Å². The van der Waals surface area contributed by atoms with Crippen molar-refractivity contribution in [3.63, 3.8) is 0 Å². The minimum Gasteiger partial charge on any atom is -0.380 e. The van der Waals surface area contributed by atoms with Crippen LogP contribution in [0, 0.1) is 0 Å². The molecule has 0 bridgehead atoms. The highest BCUT2D eigenvalue weighted by Crippen LogP contribution is 2.19. The van der Waals surface area contributed by atoms with E-state index < -0.39 is 0 Å². The standard InChI is InChI=1S/C12H26N2O/c1-4-15-10-9-14-8-6-5-7-12(14)11(2)13-3/h11-13H,4-10H2,1-3H3. The van der Waals surface area contributed by atoms with E-state index in [1.165, 1.54) is 25.8 Å². The average Bonchev–Trinajstić information content (AvgIpc) is 2.29. The Morgan fingerprint density at radius 1 is 1.47 bits per heavy atom. The molecule has 1 rings (SSSR count). The zero-order valence-electron chi connectivity index (χ0n) is 10.5. The fourth-order valence-corrected chi connectivity index (χ4v) is 2.38. The number of rotatable bonds is 6. The molecule has 0 aromatic heterocycles. The Hall–Kier alpha value is -0.120. The van der Waals surface area contributed by atoms with Gasteiger partial charge in [-0.05, 0) is 40.3 Å². The first kappa shape index (κ1) is 12.9. The Bertz CT molecular complexity index is 164. The minimum atomic E-state index is 0.590. The van der Waals surface area contributed by atoms with Crippen LogP contribution < -0.4 is 5.32 Å². The van der Waals surface area contributed by atoms with Crippen LogP contribution in [0.2, 0.25) is 0 Å². The third kappa shape index (κ3) is 4.09. The number of piperidine rings is 1. The maximum absolute atomic E-state index is 5.44. The van der Waals surface area contributed by atoms with E-state index in [0.717, 1.165) is 19.8 Å². The first-order valence-corrected chi connectivity index (χ1v) is 6.28. The van der Waals surface area contributed by atoms with Gasteiger partial charge in [0, 0.05) is 25.2 Å². The van der Waals surface area contributed by atoms with E-state index in [9.17, 15) is 0 Å². The van der Waals surface area contributed by atoms with Crippen LogP contribution >= 0.6 is 0 Å². The van der Waals surface area contributed by atoms with Crippen LogP contribution in [0.3, 0.4) is 0 Å². The summed E-state index contributed by atoms with van der Waals surface area (Å²) < 4.78 is 5.44. The third-order valence-electron chi connectivity index (χ3n) is 3.42. The molecule has 1 fully saturated rings. The Morgan fingerprint density at radius 3 is 2.93 bits per heavy atom. The summed E-state index contributed by atoms with van der Waals surface area (Å²) >= 11 is 0. The van der Waals surface area contributed by atoms with E-state index in [1.54, 1.807) is 0 Å². The quantitative estimate of drug-likeness (QED) is 0.678. The molecule has 0 saturated carbocycles. The van der Waals surface area contributed by atoms with Crippen molar-refractivity contribution in [1.29, 1.82) is 0 Å². The van der Waals surface area contributed by atoms with Crippen LogP contribution in [0.15, 0.2) is 0 Å². The summed E-state index contributed by atoms with van der Waals surface area (Å²) in [5, 5.41) is 3.37. The van der Waals surface area contributed by atoms with Gasteiger partial charge in [-0.25, -0.2) is 0 Å². The van der Waals surface area contributed by atoms with E-state index in [1.807, 2.05) is 0 Å². The van der Waals surface area contributed by atoms with Crippen molar-refractivity contribution in [2.75, 3.05) is 33.4 Å². The topological polar surface area (TPSA) is 24.5 Å². The number of hydrogen-bond donors (Lipinski definition) is 1. The lowest BCUT2D eigenvalue weighted by atomic mass is 9.96. The lowest BCUT2D eigenvalue weighted by Gasteiger charge is -2.39. The molecule has 1 aliphatic heterocycles. The molecule has 1 N–H and O–H groups in total. The summed E-state index contributed by atoms with van der Waals surface area (Å²) in [5.74, 6) is 0. The first-order valence-electron chi connectivity index (χ1n) is 6.28. The maximum atomic E-state index is 5.44. The molecular weight excluding hydrogens is 188 g/mol.